The molecule has 2 heterocycles. The van der Waals surface area contributed by atoms with Gasteiger partial charge in [0.05, 0.1) is 0 Å². The highest BCUT2D eigenvalue weighted by molar-refractivity contribution is 6.31. The number of urea groups is 1. The standard InChI is InChI=1S/C22H20ClN5O/c1-15-9-10-17(23)14-19(15)27-22(29)25-12-13-28-20(16-6-3-2-4-7-16)26-18-8-5-11-24-21(18)28/h2-11,14H,12-13H2,1H3,(H2,25,27,29). The Morgan fingerprint density at radius 1 is 1.10 bits per heavy atom. The molecule has 0 aliphatic carbocycles. The van der Waals surface area contributed by atoms with Crippen LogP contribution in [0.15, 0.2) is 66.9 Å². The average Bonchev–Trinajstić information content (AvgIpc) is 3.10. The van der Waals surface area contributed by atoms with Gasteiger partial charge in [-0.1, -0.05) is 48.0 Å². The molecule has 4 aromatic rings. The number of halogens is 1. The Hall–Kier alpha value is -3.38. The molecule has 0 bridgehead atoms. The van der Waals surface area contributed by atoms with E-state index < -0.39 is 0 Å². The van der Waals surface area contributed by atoms with Gasteiger partial charge < -0.3 is 15.2 Å². The Labute approximate surface area is 173 Å². The zero-order chi connectivity index (χ0) is 20.2. The fraction of sp³-hybridized carbons (Fsp3) is 0.136. The van der Waals surface area contributed by atoms with Gasteiger partial charge in [-0.2, -0.15) is 0 Å². The number of hydrogen-bond donors (Lipinski definition) is 2. The highest BCUT2D eigenvalue weighted by Gasteiger charge is 2.13. The maximum atomic E-state index is 12.3. The van der Waals surface area contributed by atoms with Gasteiger partial charge in [-0.05, 0) is 36.8 Å². The van der Waals surface area contributed by atoms with Crippen molar-refractivity contribution in [3.8, 4) is 11.4 Å². The monoisotopic (exact) mass is 405 g/mol. The van der Waals surface area contributed by atoms with E-state index in [4.69, 9.17) is 16.6 Å². The lowest BCUT2D eigenvalue weighted by Gasteiger charge is -2.12. The number of aromatic nitrogens is 3. The second-order valence-electron chi connectivity index (χ2n) is 6.64. The fourth-order valence-electron chi connectivity index (χ4n) is 3.15. The quantitative estimate of drug-likeness (QED) is 0.497. The maximum Gasteiger partial charge on any atom is 0.319 e. The lowest BCUT2D eigenvalue weighted by atomic mass is 10.2. The van der Waals surface area contributed by atoms with E-state index in [0.29, 0.717) is 23.8 Å². The Morgan fingerprint density at radius 3 is 2.76 bits per heavy atom. The number of amides is 2. The van der Waals surface area contributed by atoms with E-state index in [0.717, 1.165) is 28.1 Å². The van der Waals surface area contributed by atoms with Crippen LogP contribution in [-0.4, -0.2) is 27.1 Å². The van der Waals surface area contributed by atoms with Gasteiger partial charge in [0, 0.05) is 35.6 Å². The fourth-order valence-corrected chi connectivity index (χ4v) is 3.33. The Balaban J connectivity index is 1.50. The molecule has 0 atom stereocenters. The van der Waals surface area contributed by atoms with Gasteiger partial charge in [-0.3, -0.25) is 0 Å². The summed E-state index contributed by atoms with van der Waals surface area (Å²) in [6.07, 6.45) is 1.75. The molecule has 4 rings (SSSR count). The summed E-state index contributed by atoms with van der Waals surface area (Å²) in [5.74, 6) is 0.826. The number of anilines is 1. The number of hydrogen-bond acceptors (Lipinski definition) is 3. The first-order chi connectivity index (χ1) is 14.1. The van der Waals surface area contributed by atoms with E-state index >= 15 is 0 Å². The van der Waals surface area contributed by atoms with Crippen LogP contribution in [0.2, 0.25) is 5.02 Å². The minimum Gasteiger partial charge on any atom is -0.336 e. The highest BCUT2D eigenvalue weighted by Crippen LogP contribution is 2.23. The van der Waals surface area contributed by atoms with Crippen molar-refractivity contribution in [3.63, 3.8) is 0 Å². The average molecular weight is 406 g/mol. The third-order valence-electron chi connectivity index (χ3n) is 4.60. The number of benzene rings is 2. The van der Waals surface area contributed by atoms with Crippen molar-refractivity contribution in [1.29, 1.82) is 0 Å². The third-order valence-corrected chi connectivity index (χ3v) is 4.84. The van der Waals surface area contributed by atoms with Crippen molar-refractivity contribution in [2.24, 2.45) is 0 Å². The maximum absolute atomic E-state index is 12.3. The van der Waals surface area contributed by atoms with Crippen LogP contribution in [0.25, 0.3) is 22.6 Å². The second kappa shape index (κ2) is 8.32. The predicted molar refractivity (Wildman–Crippen MR) is 116 cm³/mol. The van der Waals surface area contributed by atoms with E-state index in [9.17, 15) is 4.79 Å². The Bertz CT molecular complexity index is 1160. The summed E-state index contributed by atoms with van der Waals surface area (Å²) in [6, 6.07) is 18.9. The lowest BCUT2D eigenvalue weighted by molar-refractivity contribution is 0.251. The third kappa shape index (κ3) is 4.22. The van der Waals surface area contributed by atoms with Crippen LogP contribution >= 0.6 is 11.6 Å². The molecule has 29 heavy (non-hydrogen) atoms. The topological polar surface area (TPSA) is 71.8 Å². The first-order valence-corrected chi connectivity index (χ1v) is 9.67. The first kappa shape index (κ1) is 19.0. The van der Waals surface area contributed by atoms with Gasteiger partial charge in [-0.25, -0.2) is 14.8 Å². The molecule has 2 N–H and O–H groups in total. The molecule has 2 aromatic heterocycles. The van der Waals surface area contributed by atoms with Crippen molar-refractivity contribution in [1.82, 2.24) is 19.9 Å². The minimum absolute atomic E-state index is 0.283. The van der Waals surface area contributed by atoms with E-state index in [1.807, 2.05) is 60.0 Å². The first-order valence-electron chi connectivity index (χ1n) is 9.29. The van der Waals surface area contributed by atoms with Crippen molar-refractivity contribution in [2.45, 2.75) is 13.5 Å². The Morgan fingerprint density at radius 2 is 1.93 bits per heavy atom. The predicted octanol–water partition coefficient (Wildman–Crippen LogP) is 4.88. The summed E-state index contributed by atoms with van der Waals surface area (Å²) in [5.41, 5.74) is 4.25. The van der Waals surface area contributed by atoms with Gasteiger partial charge >= 0.3 is 6.03 Å². The molecule has 146 valence electrons. The summed E-state index contributed by atoms with van der Waals surface area (Å²) in [5, 5.41) is 6.31. The molecule has 2 aromatic carbocycles. The molecule has 0 fully saturated rings. The van der Waals surface area contributed by atoms with Gasteiger partial charge in [0.1, 0.15) is 11.3 Å². The van der Waals surface area contributed by atoms with Gasteiger partial charge in [-0.15, -0.1) is 0 Å². The molecule has 2 amide bonds. The van der Waals surface area contributed by atoms with E-state index in [-0.39, 0.29) is 6.03 Å². The zero-order valence-corrected chi connectivity index (χ0v) is 16.6. The van der Waals surface area contributed by atoms with Crippen LogP contribution in [0.1, 0.15) is 5.56 Å². The number of nitrogens with one attached hydrogen (secondary N) is 2. The number of imidazole rings is 1. The number of fused-ring (bicyclic) bond motifs is 1. The molecule has 0 spiro atoms. The lowest BCUT2D eigenvalue weighted by Crippen LogP contribution is -2.31. The largest absolute Gasteiger partial charge is 0.336 e. The van der Waals surface area contributed by atoms with Gasteiger partial charge in [0.2, 0.25) is 0 Å². The minimum atomic E-state index is -0.283. The molecule has 7 heteroatoms. The zero-order valence-electron chi connectivity index (χ0n) is 15.9. The summed E-state index contributed by atoms with van der Waals surface area (Å²) in [6.45, 7) is 2.88. The van der Waals surface area contributed by atoms with Crippen LogP contribution in [0, 0.1) is 6.92 Å². The van der Waals surface area contributed by atoms with Crippen LogP contribution in [0.5, 0.6) is 0 Å². The van der Waals surface area contributed by atoms with Crippen LogP contribution in [-0.2, 0) is 6.54 Å². The SMILES string of the molecule is Cc1ccc(Cl)cc1NC(=O)NCCn1c(-c2ccccc2)nc2cccnc21. The number of pyridine rings is 1. The molecule has 0 saturated carbocycles. The van der Waals surface area contributed by atoms with Gasteiger partial charge in [0.15, 0.2) is 5.65 Å². The van der Waals surface area contributed by atoms with Crippen molar-refractivity contribution >= 4 is 34.5 Å². The molecular weight excluding hydrogens is 386 g/mol. The van der Waals surface area contributed by atoms with E-state index in [2.05, 4.69) is 15.6 Å². The summed E-state index contributed by atoms with van der Waals surface area (Å²) in [7, 11) is 0. The molecular formula is C22H20ClN5O. The molecule has 0 radical (unpaired) electrons. The molecule has 0 saturated heterocycles. The number of carbonyl (C=O) groups excluding carboxylic acids is 1. The highest BCUT2D eigenvalue weighted by atomic mass is 35.5. The number of aryl methyl sites for hydroxylation is 1. The van der Waals surface area contributed by atoms with E-state index in [1.165, 1.54) is 0 Å². The molecule has 0 aliphatic heterocycles. The molecule has 0 unspecified atom stereocenters. The normalized spacial score (nSPS) is 10.8. The number of nitrogens with zero attached hydrogens (tertiary/aromatic N) is 3. The summed E-state index contributed by atoms with van der Waals surface area (Å²) < 4.78 is 2.02. The van der Waals surface area contributed by atoms with E-state index in [1.54, 1.807) is 18.3 Å². The van der Waals surface area contributed by atoms with Crippen molar-refractivity contribution in [2.75, 3.05) is 11.9 Å². The summed E-state index contributed by atoms with van der Waals surface area (Å²) in [4.78, 5) is 21.5. The number of rotatable bonds is 5. The molecule has 6 nitrogen and oxygen atoms in total. The van der Waals surface area contributed by atoms with Crippen LogP contribution in [0.3, 0.4) is 0 Å². The van der Waals surface area contributed by atoms with Crippen molar-refractivity contribution in [3.05, 3.63) is 77.4 Å². The smallest absolute Gasteiger partial charge is 0.319 e. The molecule has 0 aliphatic rings. The van der Waals surface area contributed by atoms with Crippen LogP contribution in [0.4, 0.5) is 10.5 Å². The summed E-state index contributed by atoms with van der Waals surface area (Å²) >= 11 is 6.01. The van der Waals surface area contributed by atoms with Crippen molar-refractivity contribution < 1.29 is 4.79 Å². The second-order valence-corrected chi connectivity index (χ2v) is 7.08. The van der Waals surface area contributed by atoms with Gasteiger partial charge in [0.25, 0.3) is 0 Å². The van der Waals surface area contributed by atoms with Crippen LogP contribution < -0.4 is 10.6 Å². The Kier molecular flexibility index (Phi) is 5.44. The number of carbonyl (C=O) groups is 1.